The van der Waals surface area contributed by atoms with Crippen molar-refractivity contribution in [1.29, 1.82) is 0 Å². The molecule has 3 rings (SSSR count). The maximum atomic E-state index is 12.5. The van der Waals surface area contributed by atoms with E-state index in [4.69, 9.17) is 0 Å². The van der Waals surface area contributed by atoms with Gasteiger partial charge in [0, 0.05) is 74.8 Å². The minimum Gasteiger partial charge on any atom is -0.303 e. The highest BCUT2D eigenvalue weighted by atomic mass is 128. The maximum Gasteiger partial charge on any atom is 0.102 e. The molecule has 140 valence electrons. The molecule has 0 saturated carbocycles. The highest BCUT2D eigenvalue weighted by Gasteiger charge is 2.26. The number of hydrogen-bond acceptors (Lipinski definition) is 3. The molecule has 1 aromatic heterocycles. The third kappa shape index (κ3) is 5.45. The minimum atomic E-state index is -0.293. The average molecular weight is 579 g/mol. The number of rotatable bonds is 7. The molecule has 0 radical (unpaired) electrons. The molecule has 1 unspecified atom stereocenters. The van der Waals surface area contributed by atoms with Crippen LogP contribution in [0.15, 0.2) is 48.4 Å². The van der Waals surface area contributed by atoms with Gasteiger partial charge in [0.05, 0.1) is 5.69 Å². The fourth-order valence-corrected chi connectivity index (χ4v) is 3.48. The molecular weight excluding hydrogens is 555 g/mol. The largest absolute Gasteiger partial charge is 0.303 e. The summed E-state index contributed by atoms with van der Waals surface area (Å²) in [6.07, 6.45) is 7.26. The van der Waals surface area contributed by atoms with E-state index in [1.165, 1.54) is 22.3 Å². The van der Waals surface area contributed by atoms with Crippen LogP contribution in [0.4, 0.5) is 4.39 Å². The van der Waals surface area contributed by atoms with E-state index < -0.39 is 0 Å². The lowest BCUT2D eigenvalue weighted by molar-refractivity contribution is 0.298. The summed E-state index contributed by atoms with van der Waals surface area (Å²) >= 11 is 4.24. The van der Waals surface area contributed by atoms with Gasteiger partial charge in [-0.3, -0.25) is 9.97 Å². The SMILES string of the molecule is CC(C1=C(CCN(C)CCF)Cc2ccccc21)c1cnccn1.II. The van der Waals surface area contributed by atoms with Gasteiger partial charge in [-0.1, -0.05) is 36.8 Å². The van der Waals surface area contributed by atoms with Crippen molar-refractivity contribution in [2.45, 2.75) is 25.7 Å². The fraction of sp³-hybridized carbons (Fsp3) is 0.400. The molecule has 0 bridgehead atoms. The molecule has 0 spiro atoms. The zero-order valence-corrected chi connectivity index (χ0v) is 19.4. The number of alkyl halides is 1. The molecule has 1 atom stereocenters. The Labute approximate surface area is 178 Å². The number of benzene rings is 1. The van der Waals surface area contributed by atoms with Crippen molar-refractivity contribution < 1.29 is 4.39 Å². The van der Waals surface area contributed by atoms with Crippen LogP contribution in [-0.2, 0) is 6.42 Å². The number of nitrogens with zero attached hydrogens (tertiary/aromatic N) is 3. The molecule has 0 fully saturated rings. The van der Waals surface area contributed by atoms with Crippen LogP contribution >= 0.6 is 37.2 Å². The van der Waals surface area contributed by atoms with Gasteiger partial charge in [0.15, 0.2) is 0 Å². The number of fused-ring (bicyclic) bond motifs is 1. The van der Waals surface area contributed by atoms with Crippen molar-refractivity contribution in [2.75, 3.05) is 26.8 Å². The molecule has 1 heterocycles. The quantitative estimate of drug-likeness (QED) is 0.397. The Bertz CT molecular complexity index is 722. The van der Waals surface area contributed by atoms with Crippen LogP contribution < -0.4 is 0 Å². The molecule has 1 aromatic carbocycles. The van der Waals surface area contributed by atoms with Gasteiger partial charge in [-0.25, -0.2) is 4.39 Å². The summed E-state index contributed by atoms with van der Waals surface area (Å²) in [5.41, 5.74) is 6.53. The van der Waals surface area contributed by atoms with Crippen LogP contribution in [0, 0.1) is 0 Å². The van der Waals surface area contributed by atoms with Crippen molar-refractivity contribution >= 4 is 42.8 Å². The predicted molar refractivity (Wildman–Crippen MR) is 124 cm³/mol. The first kappa shape index (κ1) is 21.7. The van der Waals surface area contributed by atoms with Gasteiger partial charge in [0.25, 0.3) is 0 Å². The summed E-state index contributed by atoms with van der Waals surface area (Å²) < 4.78 is 12.5. The third-order valence-electron chi connectivity index (χ3n) is 4.81. The van der Waals surface area contributed by atoms with E-state index in [0.29, 0.717) is 6.54 Å². The van der Waals surface area contributed by atoms with Gasteiger partial charge in [-0.15, -0.1) is 0 Å². The smallest absolute Gasteiger partial charge is 0.102 e. The molecule has 0 amide bonds. The minimum absolute atomic E-state index is 0.212. The van der Waals surface area contributed by atoms with E-state index in [1.54, 1.807) is 12.4 Å². The predicted octanol–water partition coefficient (Wildman–Crippen LogP) is 5.65. The van der Waals surface area contributed by atoms with E-state index in [9.17, 15) is 4.39 Å². The van der Waals surface area contributed by atoms with Crippen LogP contribution in [-0.4, -0.2) is 41.7 Å². The Balaban J connectivity index is 0.00000117. The summed E-state index contributed by atoms with van der Waals surface area (Å²) in [5.74, 6) is 0.212. The first-order valence-corrected chi connectivity index (χ1v) is 14.9. The van der Waals surface area contributed by atoms with Gasteiger partial charge in [0.1, 0.15) is 6.67 Å². The Kier molecular flexibility index (Phi) is 9.41. The first-order chi connectivity index (χ1) is 12.7. The van der Waals surface area contributed by atoms with Crippen LogP contribution in [0.5, 0.6) is 0 Å². The van der Waals surface area contributed by atoms with Crippen molar-refractivity contribution in [3.8, 4) is 0 Å². The summed E-state index contributed by atoms with van der Waals surface area (Å²) in [5, 5.41) is 0. The lowest BCUT2D eigenvalue weighted by Gasteiger charge is -2.19. The van der Waals surface area contributed by atoms with Crippen molar-refractivity contribution in [3.05, 3.63) is 65.2 Å². The summed E-state index contributed by atoms with van der Waals surface area (Å²) in [7, 11) is 1.98. The van der Waals surface area contributed by atoms with Crippen LogP contribution in [0.25, 0.3) is 5.57 Å². The van der Waals surface area contributed by atoms with Crippen LogP contribution in [0.1, 0.15) is 36.1 Å². The Morgan fingerprint density at radius 1 is 1.19 bits per heavy atom. The lowest BCUT2D eigenvalue weighted by atomic mass is 9.90. The van der Waals surface area contributed by atoms with E-state index in [0.717, 1.165) is 25.1 Å². The molecule has 6 heteroatoms. The molecule has 1 aliphatic rings. The van der Waals surface area contributed by atoms with Gasteiger partial charge >= 0.3 is 0 Å². The Morgan fingerprint density at radius 2 is 1.96 bits per heavy atom. The van der Waals surface area contributed by atoms with E-state index in [-0.39, 0.29) is 12.6 Å². The second-order valence-electron chi connectivity index (χ2n) is 6.45. The zero-order chi connectivity index (χ0) is 18.9. The zero-order valence-electron chi connectivity index (χ0n) is 15.1. The van der Waals surface area contributed by atoms with Crippen molar-refractivity contribution in [3.63, 3.8) is 0 Å². The number of aromatic nitrogens is 2. The van der Waals surface area contributed by atoms with Gasteiger partial charge in [-0.2, -0.15) is 0 Å². The molecule has 3 nitrogen and oxygen atoms in total. The van der Waals surface area contributed by atoms with Crippen molar-refractivity contribution in [1.82, 2.24) is 14.9 Å². The highest BCUT2D eigenvalue weighted by molar-refractivity contribution is 15.0. The molecule has 0 N–H and O–H groups in total. The van der Waals surface area contributed by atoms with E-state index in [1.807, 2.05) is 13.2 Å². The first-order valence-electron chi connectivity index (χ1n) is 8.65. The molecule has 0 aliphatic heterocycles. The summed E-state index contributed by atoms with van der Waals surface area (Å²) in [4.78, 5) is 10.8. The number of hydrogen-bond donors (Lipinski definition) is 0. The molecule has 0 saturated heterocycles. The topological polar surface area (TPSA) is 29.0 Å². The van der Waals surface area contributed by atoms with Crippen LogP contribution in [0.2, 0.25) is 0 Å². The van der Waals surface area contributed by atoms with E-state index >= 15 is 0 Å². The highest BCUT2D eigenvalue weighted by Crippen LogP contribution is 2.42. The average Bonchev–Trinajstić information content (AvgIpc) is 3.06. The second kappa shape index (κ2) is 11.3. The summed E-state index contributed by atoms with van der Waals surface area (Å²) in [6, 6.07) is 8.61. The molecule has 1 aliphatic carbocycles. The lowest BCUT2D eigenvalue weighted by Crippen LogP contribution is -2.22. The van der Waals surface area contributed by atoms with Crippen molar-refractivity contribution in [2.24, 2.45) is 0 Å². The molecular formula is C20H24FI2N3. The Hall–Kier alpha value is -0.610. The maximum absolute atomic E-state index is 12.5. The standard InChI is InChI=1S/C20H24FN3.I2/c1-15(19-14-22-9-10-23-19)20-17(7-11-24(2)12-8-21)13-16-5-3-4-6-18(16)20;1-2/h3-6,9-10,14-15H,7-8,11-13H2,1-2H3;. The van der Waals surface area contributed by atoms with Gasteiger partial charge in [0.2, 0.25) is 0 Å². The van der Waals surface area contributed by atoms with E-state index in [2.05, 4.69) is 83.3 Å². The number of allylic oxidation sites excluding steroid dienone is 1. The van der Waals surface area contributed by atoms with Gasteiger partial charge < -0.3 is 4.90 Å². The Morgan fingerprint density at radius 3 is 2.65 bits per heavy atom. The monoisotopic (exact) mass is 579 g/mol. The van der Waals surface area contributed by atoms with Gasteiger partial charge in [-0.05, 0) is 36.6 Å². The summed E-state index contributed by atoms with van der Waals surface area (Å²) in [6.45, 7) is 3.28. The third-order valence-corrected chi connectivity index (χ3v) is 4.81. The number of halogens is 3. The van der Waals surface area contributed by atoms with Crippen LogP contribution in [0.3, 0.4) is 0 Å². The molecule has 2 aromatic rings. The molecule has 26 heavy (non-hydrogen) atoms. The fourth-order valence-electron chi connectivity index (χ4n) is 3.48. The second-order valence-corrected chi connectivity index (χ2v) is 6.45. The normalized spacial score (nSPS) is 14.1.